The predicted molar refractivity (Wildman–Crippen MR) is 91.3 cm³/mol. The first-order valence-corrected chi connectivity index (χ1v) is 8.21. The molecule has 2 aliphatic rings. The highest BCUT2D eigenvalue weighted by Gasteiger charge is 2.12. The van der Waals surface area contributed by atoms with Crippen LogP contribution in [0.25, 0.3) is 0 Å². The van der Waals surface area contributed by atoms with E-state index in [1.54, 1.807) is 0 Å². The minimum atomic E-state index is 0.340. The lowest BCUT2D eigenvalue weighted by Crippen LogP contribution is -2.22. The molecule has 0 spiro atoms. The smallest absolute Gasteiger partial charge is 0.231 e. The Morgan fingerprint density at radius 2 is 1.86 bits per heavy atom. The molecule has 1 aliphatic carbocycles. The van der Waals surface area contributed by atoms with E-state index in [1.165, 1.54) is 37.7 Å². The van der Waals surface area contributed by atoms with Gasteiger partial charge < -0.3 is 15.2 Å². The van der Waals surface area contributed by atoms with Crippen molar-refractivity contribution in [3.05, 3.63) is 48.1 Å². The van der Waals surface area contributed by atoms with E-state index < -0.39 is 0 Å². The van der Waals surface area contributed by atoms with Gasteiger partial charge in [0, 0.05) is 6.04 Å². The van der Waals surface area contributed by atoms with Crippen molar-refractivity contribution < 1.29 is 9.47 Å². The van der Waals surface area contributed by atoms with E-state index in [0.717, 1.165) is 17.9 Å². The molecule has 0 aromatic heterocycles. The number of ether oxygens (including phenoxy) is 2. The highest BCUT2D eigenvalue weighted by atomic mass is 16.7. The maximum atomic E-state index is 5.63. The Morgan fingerprint density at radius 3 is 2.55 bits per heavy atom. The standard InChI is InChI=1S/C13H14O2.C6H13N/c1-2-3-4-5-6-11-7-8-12-13(9-11)15-10-14-12;7-6-4-2-1-3-5-6/h2-5,7-9H,6,10H2,1H3;6H,1-5,7H2. The number of allylic oxidation sites excluding steroid dienone is 4. The van der Waals surface area contributed by atoms with Crippen LogP contribution in [0.1, 0.15) is 44.6 Å². The largest absolute Gasteiger partial charge is 0.454 e. The van der Waals surface area contributed by atoms with E-state index in [4.69, 9.17) is 15.2 Å². The molecule has 0 bridgehead atoms. The lowest BCUT2D eigenvalue weighted by Gasteiger charge is -2.15. The Hall–Kier alpha value is -1.74. The number of rotatable bonds is 3. The van der Waals surface area contributed by atoms with Gasteiger partial charge in [-0.1, -0.05) is 49.6 Å². The van der Waals surface area contributed by atoms with Gasteiger partial charge in [-0.05, 0) is 43.9 Å². The van der Waals surface area contributed by atoms with Gasteiger partial charge in [0.25, 0.3) is 0 Å². The maximum absolute atomic E-state index is 5.63. The Labute approximate surface area is 133 Å². The zero-order valence-electron chi connectivity index (χ0n) is 13.5. The molecule has 1 fully saturated rings. The van der Waals surface area contributed by atoms with Crippen LogP contribution < -0.4 is 15.2 Å². The normalized spacial score (nSPS) is 17.7. The highest BCUT2D eigenvalue weighted by Crippen LogP contribution is 2.32. The molecule has 3 nitrogen and oxygen atoms in total. The summed E-state index contributed by atoms with van der Waals surface area (Å²) in [4.78, 5) is 0. The van der Waals surface area contributed by atoms with Gasteiger partial charge in [0.05, 0.1) is 0 Å². The number of nitrogens with two attached hydrogens (primary N) is 1. The fourth-order valence-corrected chi connectivity index (χ4v) is 2.60. The summed E-state index contributed by atoms with van der Waals surface area (Å²) in [5, 5.41) is 0. The third-order valence-electron chi connectivity index (χ3n) is 3.88. The van der Waals surface area contributed by atoms with Crippen molar-refractivity contribution in [3.8, 4) is 11.5 Å². The van der Waals surface area contributed by atoms with Crippen LogP contribution in [0.5, 0.6) is 11.5 Å². The maximum Gasteiger partial charge on any atom is 0.231 e. The summed E-state index contributed by atoms with van der Waals surface area (Å²) >= 11 is 0. The molecule has 0 amide bonds. The van der Waals surface area contributed by atoms with Gasteiger partial charge >= 0.3 is 0 Å². The van der Waals surface area contributed by atoms with Crippen LogP contribution in [0.15, 0.2) is 42.5 Å². The zero-order chi connectivity index (χ0) is 15.6. The Balaban J connectivity index is 0.000000211. The second-order valence-corrected chi connectivity index (χ2v) is 5.74. The Bertz CT molecular complexity index is 502. The number of hydrogen-bond acceptors (Lipinski definition) is 3. The monoisotopic (exact) mass is 301 g/mol. The second kappa shape index (κ2) is 9.31. The summed E-state index contributed by atoms with van der Waals surface area (Å²) in [6, 6.07) is 6.59. The second-order valence-electron chi connectivity index (χ2n) is 5.74. The van der Waals surface area contributed by atoms with Gasteiger partial charge in [-0.2, -0.15) is 0 Å². The van der Waals surface area contributed by atoms with E-state index in [-0.39, 0.29) is 0 Å². The topological polar surface area (TPSA) is 44.5 Å². The molecule has 0 atom stereocenters. The minimum absolute atomic E-state index is 0.340. The van der Waals surface area contributed by atoms with E-state index in [9.17, 15) is 0 Å². The molecule has 1 saturated carbocycles. The summed E-state index contributed by atoms with van der Waals surface area (Å²) in [5.41, 5.74) is 6.87. The molecule has 22 heavy (non-hydrogen) atoms. The van der Waals surface area contributed by atoms with Gasteiger partial charge in [-0.3, -0.25) is 0 Å². The average molecular weight is 301 g/mol. The average Bonchev–Trinajstić information content (AvgIpc) is 3.01. The zero-order valence-corrected chi connectivity index (χ0v) is 13.5. The van der Waals surface area contributed by atoms with Crippen LogP contribution in [-0.4, -0.2) is 12.8 Å². The van der Waals surface area contributed by atoms with Crippen molar-refractivity contribution in [1.82, 2.24) is 0 Å². The van der Waals surface area contributed by atoms with Gasteiger partial charge in [-0.25, -0.2) is 0 Å². The highest BCUT2D eigenvalue weighted by molar-refractivity contribution is 5.44. The third-order valence-corrected chi connectivity index (χ3v) is 3.88. The van der Waals surface area contributed by atoms with Crippen LogP contribution in [0.3, 0.4) is 0 Å². The molecule has 3 rings (SSSR count). The first-order chi connectivity index (χ1) is 10.8. The molecule has 3 heteroatoms. The van der Waals surface area contributed by atoms with Crippen molar-refractivity contribution in [2.24, 2.45) is 5.73 Å². The summed E-state index contributed by atoms with van der Waals surface area (Å²) < 4.78 is 10.6. The summed E-state index contributed by atoms with van der Waals surface area (Å²) in [7, 11) is 0. The minimum Gasteiger partial charge on any atom is -0.454 e. The Morgan fingerprint density at radius 1 is 1.09 bits per heavy atom. The van der Waals surface area contributed by atoms with E-state index in [1.807, 2.05) is 37.3 Å². The molecule has 1 aromatic carbocycles. The molecule has 0 unspecified atom stereocenters. The number of benzene rings is 1. The molecule has 0 saturated heterocycles. The number of fused-ring (bicyclic) bond motifs is 1. The van der Waals surface area contributed by atoms with Gasteiger partial charge in [-0.15, -0.1) is 0 Å². The quantitative estimate of drug-likeness (QED) is 0.843. The molecule has 1 aromatic rings. The summed E-state index contributed by atoms with van der Waals surface area (Å²) in [6.45, 7) is 2.35. The van der Waals surface area contributed by atoms with E-state index in [2.05, 4.69) is 12.1 Å². The van der Waals surface area contributed by atoms with Crippen molar-refractivity contribution in [2.75, 3.05) is 6.79 Å². The lowest BCUT2D eigenvalue weighted by atomic mass is 9.97. The van der Waals surface area contributed by atoms with Crippen LogP contribution in [0.4, 0.5) is 0 Å². The van der Waals surface area contributed by atoms with Gasteiger partial charge in [0.2, 0.25) is 6.79 Å². The van der Waals surface area contributed by atoms with Gasteiger partial charge in [0.15, 0.2) is 11.5 Å². The molecule has 0 radical (unpaired) electrons. The molecular weight excluding hydrogens is 274 g/mol. The summed E-state index contributed by atoms with van der Waals surface area (Å²) in [6.07, 6.45) is 15.8. The first kappa shape index (κ1) is 16.6. The number of hydrogen-bond donors (Lipinski definition) is 1. The molecule has 1 aliphatic heterocycles. The van der Waals surface area contributed by atoms with Crippen LogP contribution in [-0.2, 0) is 6.42 Å². The molecular formula is C19H27NO2. The van der Waals surface area contributed by atoms with Crippen molar-refractivity contribution >= 4 is 0 Å². The fraction of sp³-hybridized carbons (Fsp3) is 0.474. The fourth-order valence-electron chi connectivity index (χ4n) is 2.60. The third kappa shape index (κ3) is 5.57. The SMILES string of the molecule is CC=CC=CCc1ccc2c(c1)OCO2.NC1CCCCC1. The van der Waals surface area contributed by atoms with Crippen LogP contribution >= 0.6 is 0 Å². The predicted octanol–water partition coefficient (Wildman–Crippen LogP) is 4.37. The summed E-state index contributed by atoms with van der Waals surface area (Å²) in [5.74, 6) is 1.70. The van der Waals surface area contributed by atoms with Crippen LogP contribution in [0, 0.1) is 0 Å². The Kier molecular flexibility index (Phi) is 7.04. The van der Waals surface area contributed by atoms with Crippen molar-refractivity contribution in [1.29, 1.82) is 0 Å². The van der Waals surface area contributed by atoms with Gasteiger partial charge in [0.1, 0.15) is 0 Å². The van der Waals surface area contributed by atoms with Crippen molar-refractivity contribution in [3.63, 3.8) is 0 Å². The molecule has 2 N–H and O–H groups in total. The first-order valence-electron chi connectivity index (χ1n) is 8.21. The van der Waals surface area contributed by atoms with Crippen LogP contribution in [0.2, 0.25) is 0 Å². The molecule has 1 heterocycles. The van der Waals surface area contributed by atoms with Crippen molar-refractivity contribution in [2.45, 2.75) is 51.5 Å². The lowest BCUT2D eigenvalue weighted by molar-refractivity contribution is 0.174. The van der Waals surface area contributed by atoms with E-state index >= 15 is 0 Å². The molecule has 120 valence electrons. The van der Waals surface area contributed by atoms with E-state index in [0.29, 0.717) is 12.8 Å².